The number of rotatable bonds is 10. The molecular weight excluding hydrogens is 404 g/mol. The maximum absolute atomic E-state index is 14.4. The van der Waals surface area contributed by atoms with Gasteiger partial charge in [-0.3, -0.25) is 0 Å². The first-order chi connectivity index (χ1) is 13.8. The van der Waals surface area contributed by atoms with Gasteiger partial charge in [0.25, 0.3) is 0 Å². The largest absolute Gasteiger partial charge is 0.497 e. The van der Waals surface area contributed by atoms with Gasteiger partial charge >= 0.3 is 11.9 Å². The molecular formula is C21H24ClF2NO4. The highest BCUT2D eigenvalue weighted by atomic mass is 35.5. The van der Waals surface area contributed by atoms with E-state index in [2.05, 4.69) is 10.1 Å². The van der Waals surface area contributed by atoms with Crippen molar-refractivity contribution in [1.82, 2.24) is 5.32 Å². The van der Waals surface area contributed by atoms with Gasteiger partial charge in [-0.25, -0.2) is 4.79 Å². The first-order valence-electron chi connectivity index (χ1n) is 9.11. The molecule has 158 valence electrons. The van der Waals surface area contributed by atoms with Crippen LogP contribution in [-0.2, 0) is 22.5 Å². The van der Waals surface area contributed by atoms with Crippen molar-refractivity contribution in [2.24, 2.45) is 0 Å². The molecule has 2 N–H and O–H groups in total. The number of alkyl halides is 2. The minimum absolute atomic E-state index is 0.0346. The van der Waals surface area contributed by atoms with E-state index in [0.29, 0.717) is 16.3 Å². The number of benzene rings is 2. The monoisotopic (exact) mass is 427 g/mol. The molecule has 0 bridgehead atoms. The van der Waals surface area contributed by atoms with E-state index < -0.39 is 24.0 Å². The van der Waals surface area contributed by atoms with Crippen LogP contribution in [0.2, 0.25) is 5.02 Å². The molecule has 0 aromatic heterocycles. The van der Waals surface area contributed by atoms with E-state index in [1.165, 1.54) is 6.92 Å². The van der Waals surface area contributed by atoms with Crippen LogP contribution in [0.5, 0.6) is 5.75 Å². The average molecular weight is 428 g/mol. The highest BCUT2D eigenvalue weighted by Gasteiger charge is 2.51. The van der Waals surface area contributed by atoms with Gasteiger partial charge in [0.15, 0.2) is 0 Å². The predicted molar refractivity (Wildman–Crippen MR) is 106 cm³/mol. The Labute approximate surface area is 173 Å². The number of ether oxygens (including phenoxy) is 2. The zero-order chi connectivity index (χ0) is 21.4. The Hall–Kier alpha value is -2.22. The van der Waals surface area contributed by atoms with Crippen molar-refractivity contribution in [1.29, 1.82) is 0 Å². The predicted octanol–water partition coefficient (Wildman–Crippen LogP) is 3.61. The third kappa shape index (κ3) is 6.39. The average Bonchev–Trinajstić information content (AvgIpc) is 2.71. The van der Waals surface area contributed by atoms with Crippen molar-refractivity contribution >= 4 is 17.6 Å². The molecule has 8 heteroatoms. The third-order valence-corrected chi connectivity index (χ3v) is 4.61. The lowest BCUT2D eigenvalue weighted by molar-refractivity contribution is -0.191. The number of hydrogen-bond acceptors (Lipinski definition) is 5. The van der Waals surface area contributed by atoms with E-state index >= 15 is 0 Å². The van der Waals surface area contributed by atoms with Crippen LogP contribution in [-0.4, -0.2) is 42.9 Å². The summed E-state index contributed by atoms with van der Waals surface area (Å²) in [5.41, 5.74) is 1.44. The summed E-state index contributed by atoms with van der Waals surface area (Å²) in [6, 6.07) is 12.6. The molecule has 0 radical (unpaired) electrons. The van der Waals surface area contributed by atoms with Crippen molar-refractivity contribution in [2.75, 3.05) is 13.7 Å². The quantitative estimate of drug-likeness (QED) is 0.567. The molecule has 1 unspecified atom stereocenters. The van der Waals surface area contributed by atoms with E-state index in [9.17, 15) is 18.7 Å². The lowest BCUT2D eigenvalue weighted by Crippen LogP contribution is -2.54. The molecule has 2 aromatic carbocycles. The van der Waals surface area contributed by atoms with Crippen LogP contribution in [0.25, 0.3) is 0 Å². The molecule has 5 nitrogen and oxygen atoms in total. The van der Waals surface area contributed by atoms with Crippen LogP contribution in [0.1, 0.15) is 18.1 Å². The van der Waals surface area contributed by atoms with Gasteiger partial charge in [0.2, 0.25) is 0 Å². The van der Waals surface area contributed by atoms with Crippen LogP contribution in [0.3, 0.4) is 0 Å². The fraction of sp³-hybridized carbons (Fsp3) is 0.381. The molecule has 0 aliphatic rings. The molecule has 0 aliphatic heterocycles. The number of aliphatic hydroxyl groups excluding tert-OH is 1. The van der Waals surface area contributed by atoms with Gasteiger partial charge in [-0.2, -0.15) is 8.78 Å². The summed E-state index contributed by atoms with van der Waals surface area (Å²) < 4.78 is 38.4. The second kappa shape index (κ2) is 10.5. The maximum Gasteiger partial charge on any atom is 0.379 e. The summed E-state index contributed by atoms with van der Waals surface area (Å²) in [5.74, 6) is -5.15. The van der Waals surface area contributed by atoms with Gasteiger partial charge in [-0.15, -0.1) is 0 Å². The van der Waals surface area contributed by atoms with Crippen molar-refractivity contribution in [3.05, 3.63) is 64.7 Å². The first kappa shape index (κ1) is 23.1. The standard InChI is InChI=1S/C21H24ClF2NO4/c1-3-29-20(27)21(23,24)19(26)18(12-15-5-4-6-16(22)11-15)25-13-14-7-9-17(28-2)10-8-14/h4-11,18-19,25-26H,3,12-13H2,1-2H3/t18-,19?/m0/s1. The number of nitrogens with one attached hydrogen (secondary N) is 1. The summed E-state index contributed by atoms with van der Waals surface area (Å²) >= 11 is 5.97. The molecule has 29 heavy (non-hydrogen) atoms. The first-order valence-corrected chi connectivity index (χ1v) is 9.49. The molecule has 0 fully saturated rings. The van der Waals surface area contributed by atoms with Gasteiger partial charge in [-0.1, -0.05) is 35.9 Å². The summed E-state index contributed by atoms with van der Waals surface area (Å²) in [7, 11) is 1.54. The maximum atomic E-state index is 14.4. The molecule has 0 saturated heterocycles. The summed E-state index contributed by atoms with van der Waals surface area (Å²) in [5, 5.41) is 13.7. The van der Waals surface area contributed by atoms with Crippen LogP contribution >= 0.6 is 11.6 Å². The van der Waals surface area contributed by atoms with Gasteiger partial charge in [-0.05, 0) is 48.7 Å². The van der Waals surface area contributed by atoms with Crippen LogP contribution < -0.4 is 10.1 Å². The highest BCUT2D eigenvalue weighted by molar-refractivity contribution is 6.30. The van der Waals surface area contributed by atoms with E-state index in [4.69, 9.17) is 16.3 Å². The molecule has 2 atom stereocenters. The number of esters is 1. The Balaban J connectivity index is 2.20. The Morgan fingerprint density at radius 3 is 2.48 bits per heavy atom. The van der Waals surface area contributed by atoms with Crippen LogP contribution in [0.4, 0.5) is 8.78 Å². The lowest BCUT2D eigenvalue weighted by atomic mass is 9.96. The zero-order valence-electron chi connectivity index (χ0n) is 16.2. The summed E-state index contributed by atoms with van der Waals surface area (Å²) in [6.45, 7) is 1.41. The van der Waals surface area contributed by atoms with Gasteiger partial charge < -0.3 is 19.9 Å². The second-order valence-electron chi connectivity index (χ2n) is 6.46. The number of carbonyl (C=O) groups is 1. The van der Waals surface area contributed by atoms with E-state index in [1.807, 2.05) is 0 Å². The van der Waals surface area contributed by atoms with Crippen molar-refractivity contribution < 1.29 is 28.2 Å². The molecule has 0 aliphatic carbocycles. The van der Waals surface area contributed by atoms with Crippen LogP contribution in [0, 0.1) is 0 Å². The van der Waals surface area contributed by atoms with Crippen molar-refractivity contribution in [3.8, 4) is 5.75 Å². The number of halogens is 3. The normalized spacial score (nSPS) is 13.6. The Morgan fingerprint density at radius 2 is 1.90 bits per heavy atom. The SMILES string of the molecule is CCOC(=O)C(F)(F)C(O)[C@H](Cc1cccc(Cl)c1)NCc1ccc(OC)cc1. The molecule has 2 aromatic rings. The van der Waals surface area contributed by atoms with Gasteiger partial charge in [0, 0.05) is 17.6 Å². The minimum Gasteiger partial charge on any atom is -0.497 e. The van der Waals surface area contributed by atoms with E-state index in [-0.39, 0.29) is 19.6 Å². The van der Waals surface area contributed by atoms with Gasteiger partial charge in [0.1, 0.15) is 11.9 Å². The zero-order valence-corrected chi connectivity index (χ0v) is 17.0. The molecule has 0 saturated carbocycles. The summed E-state index contributed by atoms with van der Waals surface area (Å²) in [4.78, 5) is 11.7. The second-order valence-corrected chi connectivity index (χ2v) is 6.89. The van der Waals surface area contributed by atoms with Crippen molar-refractivity contribution in [2.45, 2.75) is 38.0 Å². The van der Waals surface area contributed by atoms with Crippen molar-refractivity contribution in [3.63, 3.8) is 0 Å². The highest BCUT2D eigenvalue weighted by Crippen LogP contribution is 2.26. The molecule has 0 amide bonds. The van der Waals surface area contributed by atoms with Crippen LogP contribution in [0.15, 0.2) is 48.5 Å². The third-order valence-electron chi connectivity index (χ3n) is 4.37. The fourth-order valence-corrected chi connectivity index (χ4v) is 3.02. The topological polar surface area (TPSA) is 67.8 Å². The number of carbonyl (C=O) groups excluding carboxylic acids is 1. The Morgan fingerprint density at radius 1 is 1.21 bits per heavy atom. The van der Waals surface area contributed by atoms with E-state index in [0.717, 1.165) is 5.56 Å². The van der Waals surface area contributed by atoms with E-state index in [1.54, 1.807) is 55.6 Å². The number of hydrogen-bond donors (Lipinski definition) is 2. The smallest absolute Gasteiger partial charge is 0.379 e. The minimum atomic E-state index is -4.06. The fourth-order valence-electron chi connectivity index (χ4n) is 2.81. The Bertz CT molecular complexity index is 802. The summed E-state index contributed by atoms with van der Waals surface area (Å²) in [6.07, 6.45) is -2.26. The Kier molecular flexibility index (Phi) is 8.37. The lowest BCUT2D eigenvalue weighted by Gasteiger charge is -2.29. The molecule has 0 heterocycles. The van der Waals surface area contributed by atoms with Gasteiger partial charge in [0.05, 0.1) is 13.7 Å². The molecule has 2 rings (SSSR count). The molecule has 0 spiro atoms. The number of methoxy groups -OCH3 is 1. The number of aliphatic hydroxyl groups is 1.